The second-order valence-corrected chi connectivity index (χ2v) is 6.69. The Morgan fingerprint density at radius 1 is 1.47 bits per heavy atom. The van der Waals surface area contributed by atoms with Gasteiger partial charge >= 0.3 is 0 Å². The third kappa shape index (κ3) is 3.61. The predicted molar refractivity (Wildman–Crippen MR) is 86.4 cm³/mol. The Kier molecular flexibility index (Phi) is 5.09. The predicted octanol–water partition coefficient (Wildman–Crippen LogP) is 3.14. The number of halogens is 2. The number of hydrogen-bond donors (Lipinski definition) is 1. The summed E-state index contributed by atoms with van der Waals surface area (Å²) in [7, 11) is 0. The van der Waals surface area contributed by atoms with Crippen molar-refractivity contribution in [3.63, 3.8) is 0 Å². The van der Waals surface area contributed by atoms with E-state index in [2.05, 4.69) is 22.6 Å². The van der Waals surface area contributed by atoms with E-state index in [1.165, 1.54) is 0 Å². The third-order valence-electron chi connectivity index (χ3n) is 3.74. The van der Waals surface area contributed by atoms with Crippen LogP contribution in [-0.4, -0.2) is 29.9 Å². The fourth-order valence-corrected chi connectivity index (χ4v) is 2.96. The van der Waals surface area contributed by atoms with Crippen molar-refractivity contribution >= 4 is 40.1 Å². The van der Waals surface area contributed by atoms with Crippen LogP contribution >= 0.6 is 34.2 Å². The van der Waals surface area contributed by atoms with Gasteiger partial charge in [-0.2, -0.15) is 0 Å². The number of amides is 1. The van der Waals surface area contributed by atoms with Crippen molar-refractivity contribution in [1.82, 2.24) is 4.90 Å². The summed E-state index contributed by atoms with van der Waals surface area (Å²) in [6.07, 6.45) is 1.98. The molecule has 1 aliphatic rings. The molecule has 104 valence electrons. The molecule has 0 bridgehead atoms. The van der Waals surface area contributed by atoms with E-state index in [0.717, 1.165) is 29.5 Å². The van der Waals surface area contributed by atoms with Crippen molar-refractivity contribution in [1.29, 1.82) is 0 Å². The molecule has 0 aromatic heterocycles. The van der Waals surface area contributed by atoms with E-state index in [1.807, 2.05) is 24.0 Å². The fourth-order valence-electron chi connectivity index (χ4n) is 2.44. The van der Waals surface area contributed by atoms with Crippen LogP contribution in [-0.2, 0) is 0 Å². The van der Waals surface area contributed by atoms with Crippen LogP contribution in [0.1, 0.15) is 30.1 Å². The van der Waals surface area contributed by atoms with E-state index in [-0.39, 0.29) is 11.9 Å². The molecule has 19 heavy (non-hydrogen) atoms. The molecule has 1 unspecified atom stereocenters. The number of nitrogens with zero attached hydrogens (tertiary/aromatic N) is 1. The molecule has 3 nitrogen and oxygen atoms in total. The van der Waals surface area contributed by atoms with E-state index >= 15 is 0 Å². The molecular formula is C14H18ClIN2O. The first-order chi connectivity index (χ1) is 8.99. The summed E-state index contributed by atoms with van der Waals surface area (Å²) in [6, 6.07) is 5.69. The molecule has 1 aromatic rings. The lowest BCUT2D eigenvalue weighted by atomic mass is 9.90. The number of piperidine rings is 1. The van der Waals surface area contributed by atoms with Crippen LogP contribution in [0, 0.1) is 9.49 Å². The second-order valence-electron chi connectivity index (χ2n) is 5.12. The fraction of sp³-hybridized carbons (Fsp3) is 0.500. The number of nitrogens with two attached hydrogens (primary N) is 1. The summed E-state index contributed by atoms with van der Waals surface area (Å²) in [6.45, 7) is 3.62. The zero-order chi connectivity index (χ0) is 14.0. The average molecular weight is 393 g/mol. The molecule has 1 aliphatic heterocycles. The molecule has 2 rings (SSSR count). The van der Waals surface area contributed by atoms with Crippen LogP contribution in [0.5, 0.6) is 0 Å². The van der Waals surface area contributed by atoms with Crippen LogP contribution in [0.15, 0.2) is 18.2 Å². The summed E-state index contributed by atoms with van der Waals surface area (Å²) in [5, 5.41) is 0.636. The van der Waals surface area contributed by atoms with E-state index in [4.69, 9.17) is 17.3 Å². The molecule has 0 saturated carbocycles. The van der Waals surface area contributed by atoms with Crippen LogP contribution in [0.4, 0.5) is 0 Å². The minimum absolute atomic E-state index is 0.0708. The van der Waals surface area contributed by atoms with Gasteiger partial charge in [-0.05, 0) is 66.5 Å². The maximum Gasteiger partial charge on any atom is 0.253 e. The molecule has 1 saturated heterocycles. The quantitative estimate of drug-likeness (QED) is 0.786. The summed E-state index contributed by atoms with van der Waals surface area (Å²) in [5.74, 6) is 0.603. The molecule has 5 heteroatoms. The number of benzene rings is 1. The largest absolute Gasteiger partial charge is 0.339 e. The van der Waals surface area contributed by atoms with Crippen molar-refractivity contribution < 1.29 is 4.79 Å². The molecule has 2 N–H and O–H groups in total. The standard InChI is InChI=1S/C14H18ClIN2O/c1-9(17)10-4-6-18(7-5-10)14(19)11-2-3-13(16)12(15)8-11/h2-3,8-10H,4-7,17H2,1H3. The van der Waals surface area contributed by atoms with Gasteiger partial charge in [0.25, 0.3) is 5.91 Å². The third-order valence-corrected chi connectivity index (χ3v) is 5.31. The van der Waals surface area contributed by atoms with E-state index in [1.54, 1.807) is 6.07 Å². The zero-order valence-electron chi connectivity index (χ0n) is 10.9. The number of hydrogen-bond acceptors (Lipinski definition) is 2. The first-order valence-corrected chi connectivity index (χ1v) is 7.94. The van der Waals surface area contributed by atoms with Gasteiger partial charge in [0.05, 0.1) is 5.02 Å². The highest BCUT2D eigenvalue weighted by atomic mass is 127. The normalized spacial score (nSPS) is 18.4. The molecule has 0 spiro atoms. The highest BCUT2D eigenvalue weighted by molar-refractivity contribution is 14.1. The van der Waals surface area contributed by atoms with Gasteiger partial charge in [0.15, 0.2) is 0 Å². The Bertz CT molecular complexity index is 471. The maximum atomic E-state index is 12.4. The van der Waals surface area contributed by atoms with Crippen molar-refractivity contribution in [2.45, 2.75) is 25.8 Å². The maximum absolute atomic E-state index is 12.4. The van der Waals surface area contributed by atoms with Crippen LogP contribution < -0.4 is 5.73 Å². The number of rotatable bonds is 2. The van der Waals surface area contributed by atoms with E-state index in [9.17, 15) is 4.79 Å². The number of likely N-dealkylation sites (tertiary alicyclic amines) is 1. The second kappa shape index (κ2) is 6.41. The van der Waals surface area contributed by atoms with Gasteiger partial charge in [-0.25, -0.2) is 0 Å². The lowest BCUT2D eigenvalue weighted by Gasteiger charge is -2.33. The summed E-state index contributed by atoms with van der Waals surface area (Å²) < 4.78 is 0.964. The minimum atomic E-state index is 0.0708. The Labute approximate surface area is 132 Å². The van der Waals surface area contributed by atoms with Gasteiger partial charge in [-0.3, -0.25) is 4.79 Å². The van der Waals surface area contributed by atoms with Crippen LogP contribution in [0.25, 0.3) is 0 Å². The molecular weight excluding hydrogens is 375 g/mol. The highest BCUT2D eigenvalue weighted by Gasteiger charge is 2.25. The Balaban J connectivity index is 2.03. The molecule has 1 amide bonds. The smallest absolute Gasteiger partial charge is 0.253 e. The van der Waals surface area contributed by atoms with E-state index < -0.39 is 0 Å². The highest BCUT2D eigenvalue weighted by Crippen LogP contribution is 2.23. The monoisotopic (exact) mass is 392 g/mol. The molecule has 1 fully saturated rings. The zero-order valence-corrected chi connectivity index (χ0v) is 13.8. The number of carbonyl (C=O) groups excluding carboxylic acids is 1. The van der Waals surface area contributed by atoms with Crippen molar-refractivity contribution in [2.75, 3.05) is 13.1 Å². The van der Waals surface area contributed by atoms with Gasteiger partial charge in [0.1, 0.15) is 0 Å². The van der Waals surface area contributed by atoms with Gasteiger partial charge < -0.3 is 10.6 Å². The Morgan fingerprint density at radius 3 is 2.63 bits per heavy atom. The Hall–Kier alpha value is -0.330. The summed E-state index contributed by atoms with van der Waals surface area (Å²) in [5.41, 5.74) is 6.59. The van der Waals surface area contributed by atoms with Crippen molar-refractivity contribution in [2.24, 2.45) is 11.7 Å². The SMILES string of the molecule is CC(N)C1CCN(C(=O)c2ccc(I)c(Cl)c2)CC1. The summed E-state index contributed by atoms with van der Waals surface area (Å²) in [4.78, 5) is 14.3. The lowest BCUT2D eigenvalue weighted by molar-refractivity contribution is 0.0681. The molecule has 1 atom stereocenters. The van der Waals surface area contributed by atoms with Gasteiger partial charge in [-0.1, -0.05) is 11.6 Å². The topological polar surface area (TPSA) is 46.3 Å². The Morgan fingerprint density at radius 2 is 2.11 bits per heavy atom. The van der Waals surface area contributed by atoms with Crippen molar-refractivity contribution in [3.8, 4) is 0 Å². The van der Waals surface area contributed by atoms with Gasteiger partial charge in [-0.15, -0.1) is 0 Å². The molecule has 0 radical (unpaired) electrons. The summed E-state index contributed by atoms with van der Waals surface area (Å²) >= 11 is 8.22. The van der Waals surface area contributed by atoms with Gasteiger partial charge in [0.2, 0.25) is 0 Å². The molecule has 1 heterocycles. The average Bonchev–Trinajstić information content (AvgIpc) is 2.41. The van der Waals surface area contributed by atoms with Crippen LogP contribution in [0.3, 0.4) is 0 Å². The van der Waals surface area contributed by atoms with E-state index in [0.29, 0.717) is 16.5 Å². The molecule has 0 aliphatic carbocycles. The lowest BCUT2D eigenvalue weighted by Crippen LogP contribution is -2.42. The van der Waals surface area contributed by atoms with Gasteiger partial charge in [0, 0.05) is 28.3 Å². The first-order valence-electron chi connectivity index (χ1n) is 6.49. The van der Waals surface area contributed by atoms with Crippen LogP contribution in [0.2, 0.25) is 5.02 Å². The molecule has 1 aromatic carbocycles. The van der Waals surface area contributed by atoms with Crippen molar-refractivity contribution in [3.05, 3.63) is 32.4 Å². The first kappa shape index (κ1) is 15.1. The minimum Gasteiger partial charge on any atom is -0.339 e. The number of carbonyl (C=O) groups is 1.